The molecule has 0 amide bonds. The quantitative estimate of drug-likeness (QED) is 0.244. The van der Waals surface area contributed by atoms with Crippen molar-refractivity contribution in [2.24, 2.45) is 0 Å². The van der Waals surface area contributed by atoms with E-state index in [-0.39, 0.29) is 0 Å². The average Bonchev–Trinajstić information content (AvgIpc) is 2.83. The molecule has 0 fully saturated rings. The van der Waals surface area contributed by atoms with Crippen molar-refractivity contribution in [3.63, 3.8) is 0 Å². The lowest BCUT2D eigenvalue weighted by Crippen LogP contribution is -2.00. The number of aromatic carboxylic acids is 1. The predicted octanol–water partition coefficient (Wildman–Crippen LogP) is 9.72. The fraction of sp³-hybridized carbons (Fsp3) is 0.516. The molecular weight excluding hydrogens is 404 g/mol. The molecule has 180 valence electrons. The largest absolute Gasteiger partial charge is 0.478 e. The third kappa shape index (κ3) is 10.4. The van der Waals surface area contributed by atoms with Crippen LogP contribution in [-0.2, 0) is 6.42 Å². The summed E-state index contributed by atoms with van der Waals surface area (Å²) in [7, 11) is 0. The van der Waals surface area contributed by atoms with Crippen LogP contribution in [0.25, 0.3) is 17.2 Å². The maximum absolute atomic E-state index is 11.8. The number of aryl methyl sites for hydroxylation is 1. The van der Waals surface area contributed by atoms with Gasteiger partial charge in [0, 0.05) is 0 Å². The zero-order chi connectivity index (χ0) is 23.7. The van der Waals surface area contributed by atoms with Gasteiger partial charge in [0.2, 0.25) is 0 Å². The number of carbonyl (C=O) groups is 1. The molecule has 2 nitrogen and oxygen atoms in total. The van der Waals surface area contributed by atoms with E-state index in [1.54, 1.807) is 6.07 Å². The molecular formula is C31H44O2. The van der Waals surface area contributed by atoms with Crippen molar-refractivity contribution in [3.8, 4) is 11.1 Å². The minimum absolute atomic E-state index is 0.367. The Labute approximate surface area is 202 Å². The zero-order valence-corrected chi connectivity index (χ0v) is 21.0. The van der Waals surface area contributed by atoms with Gasteiger partial charge in [-0.1, -0.05) is 121 Å². The summed E-state index contributed by atoms with van der Waals surface area (Å²) in [6, 6.07) is 14.2. The highest BCUT2D eigenvalue weighted by Gasteiger charge is 2.12. The van der Waals surface area contributed by atoms with Crippen molar-refractivity contribution in [3.05, 3.63) is 65.2 Å². The van der Waals surface area contributed by atoms with Gasteiger partial charge in [-0.05, 0) is 60.1 Å². The van der Waals surface area contributed by atoms with Crippen LogP contribution in [0.2, 0.25) is 0 Å². The molecule has 2 heteroatoms. The molecule has 2 aromatic carbocycles. The molecule has 0 unspecified atom stereocenters. The van der Waals surface area contributed by atoms with Crippen LogP contribution in [0.5, 0.6) is 0 Å². The van der Waals surface area contributed by atoms with E-state index in [2.05, 4.69) is 50.3 Å². The predicted molar refractivity (Wildman–Crippen MR) is 143 cm³/mol. The molecule has 0 saturated carbocycles. The number of allylic oxidation sites excluding steroid dienone is 1. The van der Waals surface area contributed by atoms with Crippen LogP contribution in [0, 0.1) is 0 Å². The minimum atomic E-state index is -0.872. The lowest BCUT2D eigenvalue weighted by molar-refractivity contribution is 0.0697. The Morgan fingerprint density at radius 3 is 2.00 bits per heavy atom. The van der Waals surface area contributed by atoms with Gasteiger partial charge in [0.05, 0.1) is 5.56 Å². The van der Waals surface area contributed by atoms with E-state index in [1.807, 2.05) is 12.1 Å². The van der Waals surface area contributed by atoms with E-state index in [0.29, 0.717) is 5.56 Å². The number of rotatable bonds is 17. The van der Waals surface area contributed by atoms with Crippen LogP contribution in [-0.4, -0.2) is 11.1 Å². The molecule has 0 saturated heterocycles. The van der Waals surface area contributed by atoms with Crippen molar-refractivity contribution < 1.29 is 9.90 Å². The van der Waals surface area contributed by atoms with E-state index in [1.165, 1.54) is 82.6 Å². The molecule has 0 heterocycles. The van der Waals surface area contributed by atoms with Gasteiger partial charge in [-0.25, -0.2) is 4.79 Å². The number of carboxylic acids is 1. The molecule has 1 N–H and O–H groups in total. The molecule has 0 aliphatic carbocycles. The minimum Gasteiger partial charge on any atom is -0.478 e. The van der Waals surface area contributed by atoms with Gasteiger partial charge in [0.15, 0.2) is 0 Å². The fourth-order valence-electron chi connectivity index (χ4n) is 4.31. The highest BCUT2D eigenvalue weighted by molar-refractivity contribution is 5.96. The number of unbranched alkanes of at least 4 members (excludes halogenated alkanes) is 11. The second-order valence-corrected chi connectivity index (χ2v) is 9.28. The van der Waals surface area contributed by atoms with E-state index >= 15 is 0 Å². The number of benzene rings is 2. The Morgan fingerprint density at radius 1 is 0.758 bits per heavy atom. The number of hydrogen-bond donors (Lipinski definition) is 1. The molecule has 2 rings (SSSR count). The van der Waals surface area contributed by atoms with Crippen molar-refractivity contribution in [1.82, 2.24) is 0 Å². The van der Waals surface area contributed by atoms with Gasteiger partial charge in [-0.15, -0.1) is 0 Å². The topological polar surface area (TPSA) is 37.3 Å². The maximum Gasteiger partial charge on any atom is 0.336 e. The van der Waals surface area contributed by atoms with Crippen LogP contribution in [0.3, 0.4) is 0 Å². The Hall–Kier alpha value is -2.35. The first-order valence-electron chi connectivity index (χ1n) is 13.3. The lowest BCUT2D eigenvalue weighted by Gasteiger charge is -2.09. The molecule has 0 atom stereocenters. The summed E-state index contributed by atoms with van der Waals surface area (Å²) in [6.07, 6.45) is 22.2. The summed E-state index contributed by atoms with van der Waals surface area (Å²) < 4.78 is 0. The Morgan fingerprint density at radius 2 is 1.36 bits per heavy atom. The average molecular weight is 449 g/mol. The molecule has 0 aliphatic heterocycles. The monoisotopic (exact) mass is 448 g/mol. The summed E-state index contributed by atoms with van der Waals surface area (Å²) in [5.41, 5.74) is 4.55. The Kier molecular flexibility index (Phi) is 13.3. The summed E-state index contributed by atoms with van der Waals surface area (Å²) in [6.45, 7) is 4.49. The molecule has 0 spiro atoms. The van der Waals surface area contributed by atoms with Crippen LogP contribution >= 0.6 is 0 Å². The molecule has 0 bridgehead atoms. The highest BCUT2D eigenvalue weighted by atomic mass is 16.4. The SMILES string of the molecule is CCCCCCC/C=C/c1ccc(C(=O)O)c(-c2ccc(CCCCCCCCC)cc2)c1. The van der Waals surface area contributed by atoms with Crippen LogP contribution < -0.4 is 0 Å². The number of carboxylic acid groups (broad SMARTS) is 1. The van der Waals surface area contributed by atoms with Gasteiger partial charge in [0.1, 0.15) is 0 Å². The molecule has 0 aliphatic rings. The Balaban J connectivity index is 1.95. The summed E-state index contributed by atoms with van der Waals surface area (Å²) in [4.78, 5) is 11.8. The third-order valence-electron chi connectivity index (χ3n) is 6.39. The second-order valence-electron chi connectivity index (χ2n) is 9.28. The summed E-state index contributed by atoms with van der Waals surface area (Å²) in [5, 5.41) is 9.69. The first kappa shape index (κ1) is 26.9. The van der Waals surface area contributed by atoms with Crippen molar-refractivity contribution in [2.45, 2.75) is 104 Å². The summed E-state index contributed by atoms with van der Waals surface area (Å²) >= 11 is 0. The third-order valence-corrected chi connectivity index (χ3v) is 6.39. The van der Waals surface area contributed by atoms with Crippen molar-refractivity contribution in [1.29, 1.82) is 0 Å². The van der Waals surface area contributed by atoms with Gasteiger partial charge < -0.3 is 5.11 Å². The number of hydrogen-bond acceptors (Lipinski definition) is 1. The van der Waals surface area contributed by atoms with Crippen molar-refractivity contribution >= 4 is 12.0 Å². The van der Waals surface area contributed by atoms with E-state index in [0.717, 1.165) is 29.5 Å². The zero-order valence-electron chi connectivity index (χ0n) is 21.0. The summed E-state index contributed by atoms with van der Waals surface area (Å²) in [5.74, 6) is -0.872. The highest BCUT2D eigenvalue weighted by Crippen LogP contribution is 2.27. The van der Waals surface area contributed by atoms with E-state index in [4.69, 9.17) is 0 Å². The fourth-order valence-corrected chi connectivity index (χ4v) is 4.31. The van der Waals surface area contributed by atoms with Crippen LogP contribution in [0.15, 0.2) is 48.5 Å². The van der Waals surface area contributed by atoms with Crippen LogP contribution in [0.4, 0.5) is 0 Å². The second kappa shape index (κ2) is 16.3. The van der Waals surface area contributed by atoms with Crippen molar-refractivity contribution in [2.75, 3.05) is 0 Å². The normalized spacial score (nSPS) is 11.3. The smallest absolute Gasteiger partial charge is 0.336 e. The molecule has 0 radical (unpaired) electrons. The van der Waals surface area contributed by atoms with Gasteiger partial charge in [-0.2, -0.15) is 0 Å². The lowest BCUT2D eigenvalue weighted by atomic mass is 9.95. The maximum atomic E-state index is 11.8. The first-order valence-corrected chi connectivity index (χ1v) is 13.3. The van der Waals surface area contributed by atoms with Gasteiger partial charge in [0.25, 0.3) is 0 Å². The van der Waals surface area contributed by atoms with Crippen LogP contribution in [0.1, 0.15) is 119 Å². The Bertz CT molecular complexity index is 833. The van der Waals surface area contributed by atoms with E-state index in [9.17, 15) is 9.90 Å². The molecule has 33 heavy (non-hydrogen) atoms. The molecule has 0 aromatic heterocycles. The van der Waals surface area contributed by atoms with Gasteiger partial charge >= 0.3 is 5.97 Å². The van der Waals surface area contributed by atoms with E-state index < -0.39 is 5.97 Å². The first-order chi connectivity index (χ1) is 16.2. The van der Waals surface area contributed by atoms with Gasteiger partial charge in [-0.3, -0.25) is 0 Å². The standard InChI is InChI=1S/C31H44O2/c1-3-5-7-9-11-13-15-17-26-19-22-28(23-20-26)30-25-27(21-24-29(30)31(32)33)18-16-14-12-10-8-6-4-2/h16,18-25H,3-15,17H2,1-2H3,(H,32,33)/b18-16+. The molecule has 2 aromatic rings.